The zero-order valence-corrected chi connectivity index (χ0v) is 18.6. The molecule has 0 saturated carbocycles. The lowest BCUT2D eigenvalue weighted by Gasteiger charge is -2.16. The lowest BCUT2D eigenvalue weighted by atomic mass is 10.2. The van der Waals surface area contributed by atoms with Gasteiger partial charge in [-0.1, -0.05) is 17.7 Å². The Bertz CT molecular complexity index is 1520. The topological polar surface area (TPSA) is 158 Å². The maximum absolute atomic E-state index is 14.0. The molecule has 0 aliphatic rings. The smallest absolute Gasteiger partial charge is 0.267 e. The molecule has 0 bridgehead atoms. The molecule has 0 aliphatic heterocycles. The normalized spacial score (nSPS) is 10.8. The molecule has 12 heteroatoms. The highest BCUT2D eigenvalue weighted by molar-refractivity contribution is 6.35. The molecule has 0 amide bonds. The SMILES string of the molecule is COc1cc(-n2c(CCNc3nc(N)nc(N)c3C#N)nc3cccc(Cl)c3c2=O)ccc1F. The molecule has 0 atom stereocenters. The van der Waals surface area contributed by atoms with Crippen molar-refractivity contribution in [3.8, 4) is 17.5 Å². The molecule has 0 spiro atoms. The predicted molar refractivity (Wildman–Crippen MR) is 127 cm³/mol. The summed E-state index contributed by atoms with van der Waals surface area (Å²) in [5, 5.41) is 12.8. The maximum Gasteiger partial charge on any atom is 0.267 e. The van der Waals surface area contributed by atoms with Crippen molar-refractivity contribution in [1.82, 2.24) is 19.5 Å². The number of hydrogen-bond donors (Lipinski definition) is 3. The fourth-order valence-electron chi connectivity index (χ4n) is 3.48. The first-order valence-corrected chi connectivity index (χ1v) is 10.3. The van der Waals surface area contributed by atoms with Gasteiger partial charge in [-0.15, -0.1) is 0 Å². The fourth-order valence-corrected chi connectivity index (χ4v) is 3.73. The first-order valence-electron chi connectivity index (χ1n) is 9.95. The first-order chi connectivity index (χ1) is 16.3. The van der Waals surface area contributed by atoms with Crippen molar-refractivity contribution in [2.75, 3.05) is 30.4 Å². The number of nitrogens with zero attached hydrogens (tertiary/aromatic N) is 5. The molecule has 4 aromatic rings. The quantitative estimate of drug-likeness (QED) is 0.377. The van der Waals surface area contributed by atoms with Crippen molar-refractivity contribution in [2.45, 2.75) is 6.42 Å². The summed E-state index contributed by atoms with van der Waals surface area (Å²) in [6.07, 6.45) is 0.214. The number of nitrogens with two attached hydrogens (primary N) is 2. The van der Waals surface area contributed by atoms with E-state index in [4.69, 9.17) is 27.8 Å². The van der Waals surface area contributed by atoms with Crippen LogP contribution in [-0.2, 0) is 6.42 Å². The van der Waals surface area contributed by atoms with Crippen LogP contribution in [-0.4, -0.2) is 33.2 Å². The summed E-state index contributed by atoms with van der Waals surface area (Å²) in [7, 11) is 1.33. The van der Waals surface area contributed by atoms with E-state index in [-0.39, 0.29) is 52.3 Å². The molecular weight excluding hydrogens is 463 g/mol. The molecule has 0 aliphatic carbocycles. The van der Waals surface area contributed by atoms with E-state index < -0.39 is 11.4 Å². The van der Waals surface area contributed by atoms with Crippen LogP contribution in [0.2, 0.25) is 5.02 Å². The van der Waals surface area contributed by atoms with Gasteiger partial charge < -0.3 is 21.5 Å². The number of nitrogens with one attached hydrogen (secondary N) is 1. The van der Waals surface area contributed by atoms with Gasteiger partial charge in [0.15, 0.2) is 17.4 Å². The number of ether oxygens (including phenoxy) is 1. The third-order valence-corrected chi connectivity index (χ3v) is 5.33. The van der Waals surface area contributed by atoms with Gasteiger partial charge in [0.05, 0.1) is 28.7 Å². The summed E-state index contributed by atoms with van der Waals surface area (Å²) in [5.74, 6) is -0.224. The van der Waals surface area contributed by atoms with Crippen LogP contribution >= 0.6 is 11.6 Å². The largest absolute Gasteiger partial charge is 0.494 e. The van der Waals surface area contributed by atoms with E-state index in [9.17, 15) is 14.4 Å². The van der Waals surface area contributed by atoms with Crippen molar-refractivity contribution in [3.63, 3.8) is 0 Å². The molecule has 2 aromatic heterocycles. The lowest BCUT2D eigenvalue weighted by molar-refractivity contribution is 0.386. The minimum atomic E-state index is -0.572. The highest BCUT2D eigenvalue weighted by Gasteiger charge is 2.17. The van der Waals surface area contributed by atoms with E-state index in [2.05, 4.69) is 20.3 Å². The molecule has 0 fully saturated rings. The molecule has 172 valence electrons. The summed E-state index contributed by atoms with van der Waals surface area (Å²) in [6, 6.07) is 10.9. The lowest BCUT2D eigenvalue weighted by Crippen LogP contribution is -2.26. The Morgan fingerprint density at radius 3 is 2.76 bits per heavy atom. The van der Waals surface area contributed by atoms with Crippen LogP contribution in [0.1, 0.15) is 11.4 Å². The van der Waals surface area contributed by atoms with E-state index in [0.29, 0.717) is 17.0 Å². The van der Waals surface area contributed by atoms with Crippen LogP contribution < -0.4 is 27.1 Å². The Kier molecular flexibility index (Phi) is 6.16. The van der Waals surface area contributed by atoms with Gasteiger partial charge in [-0.25, -0.2) is 9.37 Å². The van der Waals surface area contributed by atoms with Crippen molar-refractivity contribution in [1.29, 1.82) is 5.26 Å². The third-order valence-electron chi connectivity index (χ3n) is 5.02. The van der Waals surface area contributed by atoms with Gasteiger partial charge in [0.2, 0.25) is 5.95 Å². The average Bonchev–Trinajstić information content (AvgIpc) is 2.79. The van der Waals surface area contributed by atoms with E-state index >= 15 is 0 Å². The molecule has 2 aromatic carbocycles. The zero-order chi connectivity index (χ0) is 24.4. The molecular formula is C22H18ClFN8O2. The number of fused-ring (bicyclic) bond motifs is 1. The molecule has 0 saturated heterocycles. The van der Waals surface area contributed by atoms with Crippen molar-refractivity contribution in [3.05, 3.63) is 69.0 Å². The Balaban J connectivity index is 1.79. The van der Waals surface area contributed by atoms with Crippen LogP contribution in [0, 0.1) is 17.1 Å². The van der Waals surface area contributed by atoms with Crippen LogP contribution in [0.4, 0.5) is 22.0 Å². The minimum absolute atomic E-state index is 0.0293. The summed E-state index contributed by atoms with van der Waals surface area (Å²) < 4.78 is 20.4. The van der Waals surface area contributed by atoms with Gasteiger partial charge in [0.25, 0.3) is 5.56 Å². The fraction of sp³-hybridized carbons (Fsp3) is 0.136. The molecule has 34 heavy (non-hydrogen) atoms. The van der Waals surface area contributed by atoms with Crippen LogP contribution in [0.15, 0.2) is 41.2 Å². The number of benzene rings is 2. The molecule has 4 rings (SSSR count). The van der Waals surface area contributed by atoms with Gasteiger partial charge in [-0.2, -0.15) is 15.2 Å². The van der Waals surface area contributed by atoms with Crippen LogP contribution in [0.25, 0.3) is 16.6 Å². The van der Waals surface area contributed by atoms with E-state index in [0.717, 1.165) is 0 Å². The molecule has 0 radical (unpaired) electrons. The number of methoxy groups -OCH3 is 1. The standard InChI is InChI=1S/C22H18ClFN8O2/c1-34-16-9-11(5-6-14(16)24)32-17(29-15-4-2-3-13(23)18(15)21(32)33)7-8-28-20-12(10-25)19(26)30-22(27)31-20/h2-6,9H,7-8H2,1H3,(H5,26,27,28,30,31). The number of rotatable bonds is 6. The summed E-state index contributed by atoms with van der Waals surface area (Å²) in [6.45, 7) is 0.210. The summed E-state index contributed by atoms with van der Waals surface area (Å²) in [5.41, 5.74) is 11.8. The minimum Gasteiger partial charge on any atom is -0.494 e. The van der Waals surface area contributed by atoms with Gasteiger partial charge in [-0.05, 0) is 24.3 Å². The number of anilines is 3. The summed E-state index contributed by atoms with van der Waals surface area (Å²) in [4.78, 5) is 25.9. The number of hydrogen-bond acceptors (Lipinski definition) is 9. The molecule has 10 nitrogen and oxygen atoms in total. The van der Waals surface area contributed by atoms with E-state index in [1.54, 1.807) is 18.2 Å². The Morgan fingerprint density at radius 2 is 2.03 bits per heavy atom. The van der Waals surface area contributed by atoms with Crippen molar-refractivity contribution < 1.29 is 9.13 Å². The Morgan fingerprint density at radius 1 is 1.24 bits per heavy atom. The summed E-state index contributed by atoms with van der Waals surface area (Å²) >= 11 is 6.29. The van der Waals surface area contributed by atoms with Gasteiger partial charge in [0.1, 0.15) is 23.3 Å². The second-order valence-electron chi connectivity index (χ2n) is 7.10. The Labute approximate surface area is 197 Å². The van der Waals surface area contributed by atoms with E-state index in [1.807, 2.05) is 6.07 Å². The monoisotopic (exact) mass is 480 g/mol. The molecule has 2 heterocycles. The van der Waals surface area contributed by atoms with Crippen molar-refractivity contribution >= 4 is 40.1 Å². The van der Waals surface area contributed by atoms with Crippen molar-refractivity contribution in [2.24, 2.45) is 0 Å². The number of nitrogen functional groups attached to an aromatic ring is 2. The maximum atomic E-state index is 14.0. The highest BCUT2D eigenvalue weighted by atomic mass is 35.5. The first kappa shape index (κ1) is 22.8. The second kappa shape index (κ2) is 9.21. The number of aromatic nitrogens is 4. The molecule has 5 N–H and O–H groups in total. The van der Waals surface area contributed by atoms with Gasteiger partial charge in [-0.3, -0.25) is 9.36 Å². The third kappa shape index (κ3) is 4.14. The zero-order valence-electron chi connectivity index (χ0n) is 17.8. The second-order valence-corrected chi connectivity index (χ2v) is 7.51. The highest BCUT2D eigenvalue weighted by Crippen LogP contribution is 2.24. The van der Waals surface area contributed by atoms with Crippen LogP contribution in [0.5, 0.6) is 5.75 Å². The Hall–Kier alpha value is -4.43. The average molecular weight is 481 g/mol. The molecule has 0 unspecified atom stereocenters. The van der Waals surface area contributed by atoms with Gasteiger partial charge in [0, 0.05) is 19.0 Å². The van der Waals surface area contributed by atoms with E-state index in [1.165, 1.54) is 29.9 Å². The number of halogens is 2. The number of nitriles is 1. The van der Waals surface area contributed by atoms with Gasteiger partial charge >= 0.3 is 0 Å². The predicted octanol–water partition coefficient (Wildman–Crippen LogP) is 2.67. The van der Waals surface area contributed by atoms with Crippen LogP contribution in [0.3, 0.4) is 0 Å².